The number of amides is 1. The molecule has 0 saturated heterocycles. The number of Topliss-reactive ketones (excluding diaryl/α,β-unsaturated/α-hetero) is 1. The average Bonchev–Trinajstić information content (AvgIpc) is 3.36. The summed E-state index contributed by atoms with van der Waals surface area (Å²) in [4.78, 5) is 27.4. The first-order valence-corrected chi connectivity index (χ1v) is 8.92. The number of aromatic hydroxyl groups is 1. The number of aryl methyl sites for hydroxylation is 1. The number of phenolic OH excluding ortho intramolecular Hbond substituents is 1. The predicted octanol–water partition coefficient (Wildman–Crippen LogP) is 3.53. The first-order valence-electron chi connectivity index (χ1n) is 8.04. The van der Waals surface area contributed by atoms with E-state index in [1.54, 1.807) is 42.6 Å². The lowest BCUT2D eigenvalue weighted by atomic mass is 9.95. The summed E-state index contributed by atoms with van der Waals surface area (Å²) in [6.07, 6.45) is 0. The molecule has 0 spiro atoms. The average molecular weight is 382 g/mol. The SMILES string of the molecule is Cc1cc(N2C(=O)C(O)=C(C(=O)c3cccs3)[C@H]2c2cccc(O)c2)no1. The highest BCUT2D eigenvalue weighted by Crippen LogP contribution is 2.42. The van der Waals surface area contributed by atoms with Crippen molar-refractivity contribution in [2.45, 2.75) is 13.0 Å². The third-order valence-corrected chi connectivity index (χ3v) is 5.11. The minimum Gasteiger partial charge on any atom is -0.508 e. The monoisotopic (exact) mass is 382 g/mol. The summed E-state index contributed by atoms with van der Waals surface area (Å²) in [7, 11) is 0. The zero-order valence-electron chi connectivity index (χ0n) is 14.1. The van der Waals surface area contributed by atoms with Crippen molar-refractivity contribution in [2.24, 2.45) is 0 Å². The molecule has 0 radical (unpaired) electrons. The standard InChI is InChI=1S/C19H14N2O5S/c1-10-8-14(20-26-10)21-16(11-4-2-5-12(22)9-11)15(18(24)19(21)25)17(23)13-6-3-7-27-13/h2-9,16,22,24H,1H3/t16-/m1/s1. The van der Waals surface area contributed by atoms with Gasteiger partial charge in [0.15, 0.2) is 11.6 Å². The smallest absolute Gasteiger partial charge is 0.295 e. The predicted molar refractivity (Wildman–Crippen MR) is 97.9 cm³/mol. The minimum atomic E-state index is -0.941. The van der Waals surface area contributed by atoms with Crippen LogP contribution >= 0.6 is 11.3 Å². The van der Waals surface area contributed by atoms with Crippen LogP contribution in [0, 0.1) is 6.92 Å². The molecule has 136 valence electrons. The third-order valence-electron chi connectivity index (χ3n) is 4.25. The lowest BCUT2D eigenvalue weighted by Gasteiger charge is -2.24. The number of phenols is 1. The second-order valence-corrected chi connectivity index (χ2v) is 6.98. The number of anilines is 1. The van der Waals surface area contributed by atoms with Crippen LogP contribution in [0.5, 0.6) is 5.75 Å². The van der Waals surface area contributed by atoms with Gasteiger partial charge < -0.3 is 14.7 Å². The van der Waals surface area contributed by atoms with Crippen LogP contribution in [-0.4, -0.2) is 27.1 Å². The van der Waals surface area contributed by atoms with Crippen LogP contribution in [0.4, 0.5) is 5.82 Å². The highest BCUT2D eigenvalue weighted by atomic mass is 32.1. The number of aliphatic hydroxyl groups excluding tert-OH is 1. The van der Waals surface area contributed by atoms with Crippen LogP contribution < -0.4 is 4.90 Å². The lowest BCUT2D eigenvalue weighted by Crippen LogP contribution is -2.31. The molecular weight excluding hydrogens is 368 g/mol. The Labute approximate surface area is 157 Å². The normalized spacial score (nSPS) is 17.0. The number of carbonyl (C=O) groups excluding carboxylic acids is 2. The van der Waals surface area contributed by atoms with Gasteiger partial charge in [0.05, 0.1) is 16.5 Å². The second kappa shape index (κ2) is 6.40. The number of nitrogens with zero attached hydrogens (tertiary/aromatic N) is 2. The van der Waals surface area contributed by atoms with Gasteiger partial charge in [-0.05, 0) is 36.1 Å². The van der Waals surface area contributed by atoms with Crippen molar-refractivity contribution in [2.75, 3.05) is 4.90 Å². The Balaban J connectivity index is 1.89. The van der Waals surface area contributed by atoms with Gasteiger partial charge in [-0.1, -0.05) is 23.4 Å². The molecule has 0 unspecified atom stereocenters. The van der Waals surface area contributed by atoms with Crippen molar-refractivity contribution in [3.8, 4) is 5.75 Å². The molecule has 1 aromatic carbocycles. The largest absolute Gasteiger partial charge is 0.508 e. The Bertz CT molecular complexity index is 1070. The summed E-state index contributed by atoms with van der Waals surface area (Å²) in [5.74, 6) is -1.22. The molecule has 2 aromatic heterocycles. The lowest BCUT2D eigenvalue weighted by molar-refractivity contribution is -0.117. The maximum Gasteiger partial charge on any atom is 0.295 e. The van der Waals surface area contributed by atoms with Gasteiger partial charge in [-0.2, -0.15) is 0 Å². The van der Waals surface area contributed by atoms with E-state index >= 15 is 0 Å². The van der Waals surface area contributed by atoms with Crippen molar-refractivity contribution in [1.82, 2.24) is 5.16 Å². The maximum atomic E-state index is 13.0. The Morgan fingerprint density at radius 1 is 1.22 bits per heavy atom. The molecule has 3 heterocycles. The van der Waals surface area contributed by atoms with Gasteiger partial charge in [-0.15, -0.1) is 11.3 Å². The summed E-state index contributed by atoms with van der Waals surface area (Å²) in [5.41, 5.74) is 0.404. The van der Waals surface area contributed by atoms with Gasteiger partial charge in [-0.25, -0.2) is 0 Å². The topological polar surface area (TPSA) is 104 Å². The molecule has 0 saturated carbocycles. The number of carbonyl (C=O) groups is 2. The number of ketones is 1. The molecule has 4 rings (SSSR count). The summed E-state index contributed by atoms with van der Waals surface area (Å²) >= 11 is 1.21. The van der Waals surface area contributed by atoms with E-state index in [9.17, 15) is 19.8 Å². The van der Waals surface area contributed by atoms with E-state index in [0.29, 0.717) is 16.2 Å². The number of benzene rings is 1. The van der Waals surface area contributed by atoms with Crippen molar-refractivity contribution < 1.29 is 24.3 Å². The van der Waals surface area contributed by atoms with Gasteiger partial charge in [0.25, 0.3) is 5.91 Å². The van der Waals surface area contributed by atoms with Gasteiger partial charge >= 0.3 is 0 Å². The molecule has 3 aromatic rings. The van der Waals surface area contributed by atoms with Crippen LogP contribution in [-0.2, 0) is 4.79 Å². The molecule has 0 aliphatic carbocycles. The van der Waals surface area contributed by atoms with Crippen molar-refractivity contribution >= 4 is 28.8 Å². The van der Waals surface area contributed by atoms with Gasteiger partial charge in [-0.3, -0.25) is 14.5 Å². The Hall–Kier alpha value is -3.39. The Morgan fingerprint density at radius 2 is 2.04 bits per heavy atom. The first-order chi connectivity index (χ1) is 13.0. The Morgan fingerprint density at radius 3 is 2.67 bits per heavy atom. The molecule has 1 aliphatic heterocycles. The molecule has 7 nitrogen and oxygen atoms in total. The highest BCUT2D eigenvalue weighted by Gasteiger charge is 2.46. The fourth-order valence-electron chi connectivity index (χ4n) is 3.09. The summed E-state index contributed by atoms with van der Waals surface area (Å²) in [5, 5.41) is 26.0. The van der Waals surface area contributed by atoms with Crippen molar-refractivity contribution in [1.29, 1.82) is 0 Å². The Kier molecular flexibility index (Phi) is 4.04. The summed E-state index contributed by atoms with van der Waals surface area (Å²) in [6.45, 7) is 1.67. The molecule has 1 aliphatic rings. The van der Waals surface area contributed by atoms with Crippen LogP contribution in [0.1, 0.15) is 27.0 Å². The van der Waals surface area contributed by atoms with E-state index in [1.807, 2.05) is 0 Å². The van der Waals surface area contributed by atoms with Crippen molar-refractivity contribution in [3.05, 3.63) is 75.4 Å². The molecule has 0 bridgehead atoms. The van der Waals surface area contributed by atoms with E-state index in [1.165, 1.54) is 28.4 Å². The molecular formula is C19H14N2O5S. The fourth-order valence-corrected chi connectivity index (χ4v) is 3.77. The third kappa shape index (κ3) is 2.80. The zero-order valence-corrected chi connectivity index (χ0v) is 14.9. The molecule has 2 N–H and O–H groups in total. The van der Waals surface area contributed by atoms with E-state index in [-0.39, 0.29) is 17.1 Å². The van der Waals surface area contributed by atoms with Crippen LogP contribution in [0.25, 0.3) is 0 Å². The number of hydrogen-bond donors (Lipinski definition) is 2. The highest BCUT2D eigenvalue weighted by molar-refractivity contribution is 7.12. The van der Waals surface area contributed by atoms with Crippen LogP contribution in [0.2, 0.25) is 0 Å². The molecule has 0 fully saturated rings. The van der Waals surface area contributed by atoms with Crippen LogP contribution in [0.15, 0.2) is 63.7 Å². The molecule has 1 amide bonds. The number of aromatic nitrogens is 1. The number of thiophene rings is 1. The minimum absolute atomic E-state index is 0.0226. The van der Waals surface area contributed by atoms with E-state index in [4.69, 9.17) is 4.52 Å². The number of hydrogen-bond acceptors (Lipinski definition) is 7. The maximum absolute atomic E-state index is 13.0. The van der Waals surface area contributed by atoms with Gasteiger partial charge in [0, 0.05) is 6.07 Å². The van der Waals surface area contributed by atoms with E-state index in [0.717, 1.165) is 0 Å². The van der Waals surface area contributed by atoms with Crippen molar-refractivity contribution in [3.63, 3.8) is 0 Å². The van der Waals surface area contributed by atoms with E-state index < -0.39 is 23.5 Å². The summed E-state index contributed by atoms with van der Waals surface area (Å²) < 4.78 is 5.06. The first kappa shape index (κ1) is 17.0. The van der Waals surface area contributed by atoms with Gasteiger partial charge in [0.2, 0.25) is 5.78 Å². The quantitative estimate of drug-likeness (QED) is 0.669. The fraction of sp³-hybridized carbons (Fsp3) is 0.105. The molecule has 8 heteroatoms. The number of aliphatic hydroxyl groups is 1. The molecule has 27 heavy (non-hydrogen) atoms. The van der Waals surface area contributed by atoms with Gasteiger partial charge in [0.1, 0.15) is 11.5 Å². The molecule has 1 atom stereocenters. The zero-order chi connectivity index (χ0) is 19.1. The second-order valence-electron chi connectivity index (χ2n) is 6.04. The van der Waals surface area contributed by atoms with Crippen LogP contribution in [0.3, 0.4) is 0 Å². The van der Waals surface area contributed by atoms with E-state index in [2.05, 4.69) is 5.16 Å². The number of rotatable bonds is 4. The summed E-state index contributed by atoms with van der Waals surface area (Å²) in [6, 6.07) is 10.1.